The monoisotopic (exact) mass is 314 g/mol. The van der Waals surface area contributed by atoms with Crippen molar-refractivity contribution in [1.82, 2.24) is 9.62 Å². The molecule has 0 atom stereocenters. The van der Waals surface area contributed by atoms with E-state index in [2.05, 4.69) is 5.32 Å². The van der Waals surface area contributed by atoms with Crippen LogP contribution in [0.25, 0.3) is 0 Å². The van der Waals surface area contributed by atoms with Crippen molar-refractivity contribution >= 4 is 21.4 Å². The molecule has 20 heavy (non-hydrogen) atoms. The second-order valence-electron chi connectivity index (χ2n) is 5.08. The van der Waals surface area contributed by atoms with Gasteiger partial charge in [-0.15, -0.1) is 11.3 Å². The van der Waals surface area contributed by atoms with Gasteiger partial charge in [0.25, 0.3) is 0 Å². The van der Waals surface area contributed by atoms with E-state index in [0.29, 0.717) is 18.0 Å². The average Bonchev–Trinajstić information content (AvgIpc) is 2.79. The molecule has 1 aliphatic rings. The van der Waals surface area contributed by atoms with Crippen molar-refractivity contribution in [2.45, 2.75) is 38.6 Å². The molecule has 4 nitrogen and oxygen atoms in total. The number of thiophene rings is 1. The van der Waals surface area contributed by atoms with Gasteiger partial charge in [0.05, 0.1) is 4.90 Å². The van der Waals surface area contributed by atoms with E-state index in [1.807, 2.05) is 32.9 Å². The molecule has 1 aromatic rings. The third kappa shape index (κ3) is 3.31. The van der Waals surface area contributed by atoms with Gasteiger partial charge in [0, 0.05) is 29.4 Å². The van der Waals surface area contributed by atoms with Crippen molar-refractivity contribution in [1.29, 1.82) is 0 Å². The van der Waals surface area contributed by atoms with E-state index in [0.717, 1.165) is 29.3 Å². The van der Waals surface area contributed by atoms with Gasteiger partial charge >= 0.3 is 0 Å². The summed E-state index contributed by atoms with van der Waals surface area (Å²) in [5, 5.41) is 3.23. The number of rotatable bonds is 5. The predicted molar refractivity (Wildman–Crippen MR) is 83.6 cm³/mol. The Morgan fingerprint density at radius 1 is 1.40 bits per heavy atom. The van der Waals surface area contributed by atoms with Crippen molar-refractivity contribution in [2.24, 2.45) is 0 Å². The first-order valence-electron chi connectivity index (χ1n) is 6.91. The highest BCUT2D eigenvalue weighted by molar-refractivity contribution is 7.89. The number of sulfonamides is 1. The van der Waals surface area contributed by atoms with Crippen molar-refractivity contribution in [2.75, 3.05) is 19.6 Å². The van der Waals surface area contributed by atoms with E-state index in [9.17, 15) is 8.42 Å². The van der Waals surface area contributed by atoms with Crippen LogP contribution in [0.2, 0.25) is 0 Å². The fraction of sp³-hybridized carbons (Fsp3) is 0.571. The molecule has 0 amide bonds. The zero-order chi connectivity index (χ0) is 14.8. The number of hydrogen-bond donors (Lipinski definition) is 1. The van der Waals surface area contributed by atoms with Crippen LogP contribution < -0.4 is 5.32 Å². The molecule has 0 unspecified atom stereocenters. The second kappa shape index (κ2) is 6.39. The molecular weight excluding hydrogens is 292 g/mol. The van der Waals surface area contributed by atoms with Crippen molar-refractivity contribution in [3.05, 3.63) is 27.5 Å². The van der Waals surface area contributed by atoms with Crippen LogP contribution in [-0.2, 0) is 16.6 Å². The molecule has 1 N–H and O–H groups in total. The fourth-order valence-electron chi connectivity index (χ4n) is 2.23. The lowest BCUT2D eigenvalue weighted by atomic mass is 10.1. The molecule has 0 spiro atoms. The van der Waals surface area contributed by atoms with Gasteiger partial charge in [-0.2, -0.15) is 4.31 Å². The molecule has 0 fully saturated rings. The van der Waals surface area contributed by atoms with Gasteiger partial charge in [0.15, 0.2) is 0 Å². The van der Waals surface area contributed by atoms with Gasteiger partial charge in [0.2, 0.25) is 10.0 Å². The minimum absolute atomic E-state index is 0.475. The Labute approximate surface area is 125 Å². The molecule has 0 bridgehead atoms. The van der Waals surface area contributed by atoms with Gasteiger partial charge in [-0.3, -0.25) is 0 Å². The van der Waals surface area contributed by atoms with E-state index in [1.54, 1.807) is 15.6 Å². The van der Waals surface area contributed by atoms with Crippen LogP contribution in [0.5, 0.6) is 0 Å². The zero-order valence-electron chi connectivity index (χ0n) is 12.3. The molecule has 0 saturated carbocycles. The van der Waals surface area contributed by atoms with Crippen molar-refractivity contribution < 1.29 is 8.42 Å². The Morgan fingerprint density at radius 3 is 2.75 bits per heavy atom. The minimum Gasteiger partial charge on any atom is -0.312 e. The molecular formula is C14H22N2O2S2. The van der Waals surface area contributed by atoms with E-state index >= 15 is 0 Å². The van der Waals surface area contributed by atoms with Crippen LogP contribution in [0.1, 0.15) is 30.0 Å². The van der Waals surface area contributed by atoms with Gasteiger partial charge in [-0.25, -0.2) is 8.42 Å². The Morgan fingerprint density at radius 2 is 2.15 bits per heavy atom. The summed E-state index contributed by atoms with van der Waals surface area (Å²) in [4.78, 5) is 2.43. The van der Waals surface area contributed by atoms with Crippen LogP contribution in [-0.4, -0.2) is 32.4 Å². The van der Waals surface area contributed by atoms with Crippen LogP contribution in [0.15, 0.2) is 22.6 Å². The quantitative estimate of drug-likeness (QED) is 0.850. The van der Waals surface area contributed by atoms with Crippen LogP contribution >= 0.6 is 11.3 Å². The van der Waals surface area contributed by atoms with Crippen molar-refractivity contribution in [3.63, 3.8) is 0 Å². The molecule has 0 radical (unpaired) electrons. The lowest BCUT2D eigenvalue weighted by Crippen LogP contribution is -2.34. The van der Waals surface area contributed by atoms with E-state index in [4.69, 9.17) is 0 Å². The highest BCUT2D eigenvalue weighted by Crippen LogP contribution is 2.29. The SMILES string of the molecule is CCNCc1cc(S(=O)(=O)N2CC=C(C)CC2)c(C)s1. The molecule has 112 valence electrons. The summed E-state index contributed by atoms with van der Waals surface area (Å²) in [7, 11) is -3.35. The lowest BCUT2D eigenvalue weighted by molar-refractivity contribution is 0.431. The number of nitrogens with zero attached hydrogens (tertiary/aromatic N) is 1. The number of hydrogen-bond acceptors (Lipinski definition) is 4. The molecule has 2 rings (SSSR count). The van der Waals surface area contributed by atoms with Gasteiger partial charge < -0.3 is 5.32 Å². The summed E-state index contributed by atoms with van der Waals surface area (Å²) < 4.78 is 26.9. The van der Waals surface area contributed by atoms with Gasteiger partial charge in [0.1, 0.15) is 0 Å². The molecule has 0 saturated heterocycles. The third-order valence-electron chi connectivity index (χ3n) is 3.49. The summed E-state index contributed by atoms with van der Waals surface area (Å²) in [6, 6.07) is 1.82. The summed E-state index contributed by atoms with van der Waals surface area (Å²) >= 11 is 1.56. The summed E-state index contributed by atoms with van der Waals surface area (Å²) in [5.41, 5.74) is 1.27. The molecule has 2 heterocycles. The smallest absolute Gasteiger partial charge is 0.244 e. The lowest BCUT2D eigenvalue weighted by Gasteiger charge is -2.24. The Balaban J connectivity index is 2.23. The Bertz CT molecular complexity index is 603. The highest BCUT2D eigenvalue weighted by atomic mass is 32.2. The molecule has 1 aromatic heterocycles. The largest absolute Gasteiger partial charge is 0.312 e. The third-order valence-corrected chi connectivity index (χ3v) is 6.66. The maximum atomic E-state index is 12.7. The average molecular weight is 314 g/mol. The summed E-state index contributed by atoms with van der Waals surface area (Å²) in [5.74, 6) is 0. The van der Waals surface area contributed by atoms with Crippen LogP contribution in [0.3, 0.4) is 0 Å². The Hall–Kier alpha value is -0.690. The minimum atomic E-state index is -3.35. The highest BCUT2D eigenvalue weighted by Gasteiger charge is 2.28. The summed E-state index contributed by atoms with van der Waals surface area (Å²) in [6.07, 6.45) is 2.83. The van der Waals surface area contributed by atoms with Crippen LogP contribution in [0.4, 0.5) is 0 Å². The number of aryl methyl sites for hydroxylation is 1. The number of nitrogens with one attached hydrogen (secondary N) is 1. The standard InChI is InChI=1S/C14H22N2O2S2/c1-4-15-10-13-9-14(12(3)19-13)20(17,18)16-7-5-11(2)6-8-16/h5,9,15H,4,6-8,10H2,1-3H3. The predicted octanol–water partition coefficient (Wildman–Crippen LogP) is 2.51. The molecule has 6 heteroatoms. The second-order valence-corrected chi connectivity index (χ2v) is 8.32. The first kappa shape index (κ1) is 15.7. The van der Waals surface area contributed by atoms with E-state index < -0.39 is 10.0 Å². The molecule has 1 aliphatic heterocycles. The van der Waals surface area contributed by atoms with Crippen molar-refractivity contribution in [3.8, 4) is 0 Å². The maximum Gasteiger partial charge on any atom is 0.244 e. The van der Waals surface area contributed by atoms with Gasteiger partial charge in [-0.1, -0.05) is 18.6 Å². The van der Waals surface area contributed by atoms with E-state index in [-0.39, 0.29) is 0 Å². The Kier molecular flexibility index (Phi) is 5.01. The molecule has 0 aromatic carbocycles. The first-order valence-corrected chi connectivity index (χ1v) is 9.16. The van der Waals surface area contributed by atoms with Crippen LogP contribution in [0, 0.1) is 6.92 Å². The fourth-order valence-corrected chi connectivity index (χ4v) is 5.18. The maximum absolute atomic E-state index is 12.7. The van der Waals surface area contributed by atoms with E-state index in [1.165, 1.54) is 5.57 Å². The molecule has 0 aliphatic carbocycles. The topological polar surface area (TPSA) is 49.4 Å². The zero-order valence-corrected chi connectivity index (χ0v) is 13.9. The summed E-state index contributed by atoms with van der Waals surface area (Å²) in [6.45, 7) is 8.67. The van der Waals surface area contributed by atoms with Gasteiger partial charge in [-0.05, 0) is 32.9 Å². The normalized spacial score (nSPS) is 17.2. The first-order chi connectivity index (χ1) is 9.45.